The smallest absolute Gasteiger partial charge is 0.372 e. The van der Waals surface area contributed by atoms with Crippen LogP contribution < -0.4 is 0 Å². The lowest BCUT2D eigenvalue weighted by Crippen LogP contribution is -2.02. The Morgan fingerprint density at radius 2 is 2.25 bits per heavy atom. The average molecular weight is 116 g/mol. The molecule has 0 aliphatic rings. The third-order valence-electron chi connectivity index (χ3n) is 0.668. The van der Waals surface area contributed by atoms with Crippen molar-refractivity contribution in [2.45, 2.75) is 6.92 Å². The molecule has 0 saturated carbocycles. The number of carbonyl (C=O) groups is 1. The largest absolute Gasteiger partial charge is 0.502 e. The standard InChI is InChI=1S/C5H8O3/c1-3-4(6)5(7)8-2/h3,6H,1-2H3/b4-3-. The van der Waals surface area contributed by atoms with E-state index in [-0.39, 0.29) is 5.76 Å². The fourth-order valence-corrected chi connectivity index (χ4v) is 0.222. The van der Waals surface area contributed by atoms with Crippen LogP contribution in [0.1, 0.15) is 6.92 Å². The highest BCUT2D eigenvalue weighted by Crippen LogP contribution is 1.88. The van der Waals surface area contributed by atoms with Crippen LogP contribution in [0.15, 0.2) is 11.8 Å². The summed E-state index contributed by atoms with van der Waals surface area (Å²) in [6, 6.07) is 0. The molecule has 0 aromatic heterocycles. The van der Waals surface area contributed by atoms with E-state index in [1.807, 2.05) is 0 Å². The van der Waals surface area contributed by atoms with Crippen LogP contribution in [0.4, 0.5) is 0 Å². The average Bonchev–Trinajstić information content (AvgIpc) is 1.84. The minimum atomic E-state index is -0.701. The number of hydrogen-bond acceptors (Lipinski definition) is 3. The summed E-state index contributed by atoms with van der Waals surface area (Å²) in [5.41, 5.74) is 0. The molecule has 46 valence electrons. The number of ether oxygens (including phenoxy) is 1. The van der Waals surface area contributed by atoms with Crippen LogP contribution in [0.2, 0.25) is 0 Å². The van der Waals surface area contributed by atoms with Gasteiger partial charge in [0.1, 0.15) is 0 Å². The lowest BCUT2D eigenvalue weighted by atomic mass is 10.5. The van der Waals surface area contributed by atoms with Crippen molar-refractivity contribution >= 4 is 5.97 Å². The second kappa shape index (κ2) is 3.07. The summed E-state index contributed by atoms with van der Waals surface area (Å²) in [4.78, 5) is 10.2. The Morgan fingerprint density at radius 3 is 2.38 bits per heavy atom. The van der Waals surface area contributed by atoms with Gasteiger partial charge in [-0.1, -0.05) is 0 Å². The molecular weight excluding hydrogens is 108 g/mol. The molecule has 8 heavy (non-hydrogen) atoms. The van der Waals surface area contributed by atoms with Crippen molar-refractivity contribution in [3.63, 3.8) is 0 Å². The van der Waals surface area contributed by atoms with Crippen LogP contribution in [0.5, 0.6) is 0 Å². The Morgan fingerprint density at radius 1 is 1.75 bits per heavy atom. The fraction of sp³-hybridized carbons (Fsp3) is 0.400. The van der Waals surface area contributed by atoms with E-state index in [4.69, 9.17) is 5.11 Å². The van der Waals surface area contributed by atoms with Gasteiger partial charge in [0, 0.05) is 0 Å². The van der Waals surface area contributed by atoms with Crippen LogP contribution in [0.3, 0.4) is 0 Å². The third kappa shape index (κ3) is 1.64. The Balaban J connectivity index is 3.83. The van der Waals surface area contributed by atoms with Crippen molar-refractivity contribution in [2.75, 3.05) is 7.11 Å². The van der Waals surface area contributed by atoms with Gasteiger partial charge in [-0.3, -0.25) is 0 Å². The van der Waals surface area contributed by atoms with Gasteiger partial charge in [0.2, 0.25) is 0 Å². The van der Waals surface area contributed by atoms with Crippen LogP contribution in [-0.4, -0.2) is 18.2 Å². The van der Waals surface area contributed by atoms with Crippen molar-refractivity contribution in [3.05, 3.63) is 11.8 Å². The first-order chi connectivity index (χ1) is 3.72. The topological polar surface area (TPSA) is 46.5 Å². The fourth-order valence-electron chi connectivity index (χ4n) is 0.222. The summed E-state index contributed by atoms with van der Waals surface area (Å²) in [5.74, 6) is -1.06. The van der Waals surface area contributed by atoms with Gasteiger partial charge in [0.25, 0.3) is 0 Å². The van der Waals surface area contributed by atoms with Gasteiger partial charge in [-0.2, -0.15) is 0 Å². The predicted molar refractivity (Wildman–Crippen MR) is 28.4 cm³/mol. The molecule has 0 radical (unpaired) electrons. The lowest BCUT2D eigenvalue weighted by Gasteiger charge is -1.92. The molecular formula is C5H8O3. The Kier molecular flexibility index (Phi) is 2.69. The summed E-state index contributed by atoms with van der Waals surface area (Å²) in [7, 11) is 1.21. The summed E-state index contributed by atoms with van der Waals surface area (Å²) in [5, 5.41) is 8.51. The van der Waals surface area contributed by atoms with E-state index >= 15 is 0 Å². The minimum Gasteiger partial charge on any atom is -0.502 e. The quantitative estimate of drug-likeness (QED) is 0.310. The van der Waals surface area contributed by atoms with E-state index in [2.05, 4.69) is 4.74 Å². The van der Waals surface area contributed by atoms with Crippen LogP contribution >= 0.6 is 0 Å². The molecule has 0 heterocycles. The number of methoxy groups -OCH3 is 1. The zero-order valence-corrected chi connectivity index (χ0v) is 4.84. The maximum Gasteiger partial charge on any atom is 0.372 e. The van der Waals surface area contributed by atoms with E-state index in [1.165, 1.54) is 13.2 Å². The lowest BCUT2D eigenvalue weighted by molar-refractivity contribution is -0.139. The third-order valence-corrected chi connectivity index (χ3v) is 0.668. The summed E-state index contributed by atoms with van der Waals surface area (Å²) in [6.45, 7) is 1.55. The van der Waals surface area contributed by atoms with E-state index in [0.29, 0.717) is 0 Å². The van der Waals surface area contributed by atoms with Crippen LogP contribution in [0, 0.1) is 0 Å². The molecule has 0 aromatic rings. The van der Waals surface area contributed by atoms with E-state index < -0.39 is 5.97 Å². The molecule has 0 aromatic carbocycles. The Labute approximate surface area is 47.6 Å². The van der Waals surface area contributed by atoms with E-state index in [1.54, 1.807) is 6.92 Å². The summed E-state index contributed by atoms with van der Waals surface area (Å²) >= 11 is 0. The first kappa shape index (κ1) is 7.01. The van der Waals surface area contributed by atoms with Crippen molar-refractivity contribution in [1.82, 2.24) is 0 Å². The first-order valence-electron chi connectivity index (χ1n) is 2.16. The number of carbonyl (C=O) groups excluding carboxylic acids is 1. The van der Waals surface area contributed by atoms with Gasteiger partial charge in [-0.05, 0) is 13.0 Å². The number of allylic oxidation sites excluding steroid dienone is 1. The number of rotatable bonds is 1. The van der Waals surface area contributed by atoms with Crippen LogP contribution in [0.25, 0.3) is 0 Å². The minimum absolute atomic E-state index is 0.354. The Hall–Kier alpha value is -0.990. The highest BCUT2D eigenvalue weighted by molar-refractivity contribution is 5.85. The van der Waals surface area contributed by atoms with Crippen molar-refractivity contribution in [3.8, 4) is 0 Å². The van der Waals surface area contributed by atoms with Crippen molar-refractivity contribution < 1.29 is 14.6 Å². The van der Waals surface area contributed by atoms with Gasteiger partial charge in [-0.25, -0.2) is 4.79 Å². The maximum atomic E-state index is 10.2. The van der Waals surface area contributed by atoms with Gasteiger partial charge in [0.15, 0.2) is 5.76 Å². The molecule has 0 unspecified atom stereocenters. The van der Waals surface area contributed by atoms with E-state index in [9.17, 15) is 4.79 Å². The summed E-state index contributed by atoms with van der Waals surface area (Å²) in [6.07, 6.45) is 1.27. The summed E-state index contributed by atoms with van der Waals surface area (Å²) < 4.78 is 4.15. The van der Waals surface area contributed by atoms with Gasteiger partial charge < -0.3 is 9.84 Å². The number of aliphatic hydroxyl groups is 1. The normalized spacial score (nSPS) is 11.0. The molecule has 0 spiro atoms. The molecule has 0 bridgehead atoms. The SMILES string of the molecule is C/C=C(\O)C(=O)OC. The molecule has 0 aliphatic carbocycles. The van der Waals surface area contributed by atoms with Gasteiger partial charge in [-0.15, -0.1) is 0 Å². The van der Waals surface area contributed by atoms with Crippen molar-refractivity contribution in [2.24, 2.45) is 0 Å². The molecule has 3 heteroatoms. The number of aliphatic hydroxyl groups excluding tert-OH is 1. The molecule has 0 amide bonds. The second-order valence-corrected chi connectivity index (χ2v) is 1.17. The zero-order valence-electron chi connectivity index (χ0n) is 4.84. The van der Waals surface area contributed by atoms with Crippen LogP contribution in [-0.2, 0) is 9.53 Å². The monoisotopic (exact) mass is 116 g/mol. The second-order valence-electron chi connectivity index (χ2n) is 1.17. The molecule has 1 N–H and O–H groups in total. The Bertz CT molecular complexity index is 115. The molecule has 0 aliphatic heterocycles. The highest BCUT2D eigenvalue weighted by atomic mass is 16.5. The van der Waals surface area contributed by atoms with Crippen molar-refractivity contribution in [1.29, 1.82) is 0 Å². The zero-order chi connectivity index (χ0) is 6.57. The van der Waals surface area contributed by atoms with Gasteiger partial charge in [0.05, 0.1) is 7.11 Å². The predicted octanol–water partition coefficient (Wildman–Crippen LogP) is 0.621. The van der Waals surface area contributed by atoms with Gasteiger partial charge >= 0.3 is 5.97 Å². The molecule has 0 fully saturated rings. The first-order valence-corrected chi connectivity index (χ1v) is 2.16. The maximum absolute atomic E-state index is 10.2. The molecule has 0 atom stereocenters. The molecule has 0 saturated heterocycles. The van der Waals surface area contributed by atoms with E-state index in [0.717, 1.165) is 0 Å². The highest BCUT2D eigenvalue weighted by Gasteiger charge is 2.02. The molecule has 3 nitrogen and oxygen atoms in total. The number of hydrogen-bond donors (Lipinski definition) is 1. The number of esters is 1. The molecule has 0 rings (SSSR count).